The Morgan fingerprint density at radius 1 is 0.706 bits per heavy atom. The fourth-order valence-electron chi connectivity index (χ4n) is 2.21. The summed E-state index contributed by atoms with van der Waals surface area (Å²) in [6.45, 7) is 2.26. The fourth-order valence-corrected chi connectivity index (χ4v) is 2.21. The molecule has 2 aromatic rings. The van der Waals surface area contributed by atoms with Crippen LogP contribution in [0.15, 0.2) is 60.7 Å². The van der Waals surface area contributed by atoms with Gasteiger partial charge in [-0.1, -0.05) is 60.7 Å². The van der Waals surface area contributed by atoms with Gasteiger partial charge in [-0.25, -0.2) is 0 Å². The first-order valence-electron chi connectivity index (χ1n) is 5.94. The van der Waals surface area contributed by atoms with Crippen molar-refractivity contribution < 1.29 is 0 Å². The second-order valence-corrected chi connectivity index (χ2v) is 4.70. The molecule has 0 radical (unpaired) electrons. The van der Waals surface area contributed by atoms with Crippen LogP contribution >= 0.6 is 0 Å². The smallest absolute Gasteiger partial charge is 0.0681 e. The lowest BCUT2D eigenvalue weighted by molar-refractivity contribution is 0.223. The van der Waals surface area contributed by atoms with Crippen LogP contribution in [-0.4, -0.2) is 19.0 Å². The van der Waals surface area contributed by atoms with Crippen molar-refractivity contribution in [3.63, 3.8) is 0 Å². The molecule has 0 aliphatic heterocycles. The molecule has 17 heavy (non-hydrogen) atoms. The molecule has 0 aliphatic carbocycles. The van der Waals surface area contributed by atoms with Crippen LogP contribution in [0.5, 0.6) is 0 Å². The Morgan fingerprint density at radius 2 is 1.06 bits per heavy atom. The third kappa shape index (κ3) is 2.11. The van der Waals surface area contributed by atoms with Crippen LogP contribution < -0.4 is 0 Å². The van der Waals surface area contributed by atoms with Crippen LogP contribution in [0.2, 0.25) is 0 Å². The first kappa shape index (κ1) is 11.9. The van der Waals surface area contributed by atoms with E-state index in [1.165, 1.54) is 11.1 Å². The van der Waals surface area contributed by atoms with Gasteiger partial charge in [-0.15, -0.1) is 0 Å². The van der Waals surface area contributed by atoms with E-state index in [-0.39, 0.29) is 5.54 Å². The molecule has 88 valence electrons. The minimum atomic E-state index is -0.0808. The SMILES string of the molecule is CN(C)C(C)(c1ccccc1)c1ccccc1. The van der Waals surface area contributed by atoms with Crippen molar-refractivity contribution in [3.8, 4) is 0 Å². The Hall–Kier alpha value is -1.60. The molecule has 0 saturated heterocycles. The van der Waals surface area contributed by atoms with Gasteiger partial charge >= 0.3 is 0 Å². The summed E-state index contributed by atoms with van der Waals surface area (Å²) in [7, 11) is 4.25. The highest BCUT2D eigenvalue weighted by molar-refractivity contribution is 5.37. The van der Waals surface area contributed by atoms with Crippen molar-refractivity contribution in [2.75, 3.05) is 14.1 Å². The highest BCUT2D eigenvalue weighted by Crippen LogP contribution is 2.33. The molecule has 1 heteroatoms. The van der Waals surface area contributed by atoms with Crippen molar-refractivity contribution in [3.05, 3.63) is 71.8 Å². The molecule has 1 nitrogen and oxygen atoms in total. The van der Waals surface area contributed by atoms with Gasteiger partial charge in [-0.05, 0) is 32.1 Å². The maximum atomic E-state index is 2.26. The quantitative estimate of drug-likeness (QED) is 0.772. The van der Waals surface area contributed by atoms with Gasteiger partial charge in [0.25, 0.3) is 0 Å². The summed E-state index contributed by atoms with van der Waals surface area (Å²) < 4.78 is 0. The van der Waals surface area contributed by atoms with Crippen LogP contribution in [0, 0.1) is 0 Å². The van der Waals surface area contributed by atoms with E-state index in [1.54, 1.807) is 0 Å². The molecule has 0 fully saturated rings. The summed E-state index contributed by atoms with van der Waals surface area (Å²) in [6.07, 6.45) is 0. The molecule has 0 aliphatic rings. The average Bonchev–Trinajstić information content (AvgIpc) is 2.39. The minimum absolute atomic E-state index is 0.0808. The topological polar surface area (TPSA) is 3.24 Å². The van der Waals surface area contributed by atoms with Gasteiger partial charge in [0.2, 0.25) is 0 Å². The molecule has 0 aromatic heterocycles. The Morgan fingerprint density at radius 3 is 1.35 bits per heavy atom. The number of rotatable bonds is 3. The zero-order valence-corrected chi connectivity index (χ0v) is 10.7. The van der Waals surface area contributed by atoms with Gasteiger partial charge in [0, 0.05) is 0 Å². The molecular weight excluding hydrogens is 206 g/mol. The van der Waals surface area contributed by atoms with E-state index in [1.807, 2.05) is 0 Å². The van der Waals surface area contributed by atoms with Crippen molar-refractivity contribution in [1.82, 2.24) is 4.90 Å². The maximum Gasteiger partial charge on any atom is 0.0681 e. The first-order valence-corrected chi connectivity index (χ1v) is 5.94. The molecule has 0 N–H and O–H groups in total. The maximum absolute atomic E-state index is 2.26. The summed E-state index contributed by atoms with van der Waals surface area (Å²) >= 11 is 0. The van der Waals surface area contributed by atoms with E-state index in [2.05, 4.69) is 86.6 Å². The number of benzene rings is 2. The molecule has 0 unspecified atom stereocenters. The largest absolute Gasteiger partial charge is 0.296 e. The van der Waals surface area contributed by atoms with E-state index in [0.717, 1.165) is 0 Å². The predicted octanol–water partition coefficient (Wildman–Crippen LogP) is 3.51. The second kappa shape index (κ2) is 4.72. The zero-order valence-electron chi connectivity index (χ0n) is 10.7. The monoisotopic (exact) mass is 225 g/mol. The van der Waals surface area contributed by atoms with Gasteiger partial charge in [0.1, 0.15) is 0 Å². The number of hydrogen-bond acceptors (Lipinski definition) is 1. The van der Waals surface area contributed by atoms with Crippen LogP contribution in [-0.2, 0) is 5.54 Å². The summed E-state index contributed by atoms with van der Waals surface area (Å²) in [5, 5.41) is 0. The average molecular weight is 225 g/mol. The molecular formula is C16H19N. The Kier molecular flexibility index (Phi) is 3.30. The number of hydrogen-bond donors (Lipinski definition) is 0. The standard InChI is InChI=1S/C16H19N/c1-16(17(2)3,14-10-6-4-7-11-14)15-12-8-5-9-13-15/h4-13H,1-3H3. The predicted molar refractivity (Wildman–Crippen MR) is 73.0 cm³/mol. The van der Waals surface area contributed by atoms with E-state index >= 15 is 0 Å². The molecule has 0 bridgehead atoms. The van der Waals surface area contributed by atoms with Crippen molar-refractivity contribution in [2.24, 2.45) is 0 Å². The highest BCUT2D eigenvalue weighted by atomic mass is 15.1. The molecule has 2 aromatic carbocycles. The van der Waals surface area contributed by atoms with Gasteiger partial charge in [-0.3, -0.25) is 4.90 Å². The van der Waals surface area contributed by atoms with E-state index in [0.29, 0.717) is 0 Å². The lowest BCUT2D eigenvalue weighted by atomic mass is 9.83. The first-order chi connectivity index (χ1) is 8.15. The minimum Gasteiger partial charge on any atom is -0.296 e. The Bertz CT molecular complexity index is 420. The van der Waals surface area contributed by atoms with E-state index in [9.17, 15) is 0 Å². The zero-order chi connectivity index (χ0) is 12.3. The van der Waals surface area contributed by atoms with E-state index in [4.69, 9.17) is 0 Å². The normalized spacial score (nSPS) is 11.8. The lowest BCUT2D eigenvalue weighted by Crippen LogP contribution is -2.39. The third-order valence-corrected chi connectivity index (χ3v) is 3.57. The Labute approximate surface area is 104 Å². The summed E-state index contributed by atoms with van der Waals surface area (Å²) in [5.74, 6) is 0. The molecule has 0 atom stereocenters. The van der Waals surface area contributed by atoms with Crippen LogP contribution in [0.25, 0.3) is 0 Å². The molecule has 2 rings (SSSR count). The van der Waals surface area contributed by atoms with Crippen LogP contribution in [0.3, 0.4) is 0 Å². The van der Waals surface area contributed by atoms with Crippen molar-refractivity contribution >= 4 is 0 Å². The van der Waals surface area contributed by atoms with E-state index < -0.39 is 0 Å². The van der Waals surface area contributed by atoms with Gasteiger partial charge in [0.15, 0.2) is 0 Å². The molecule has 0 heterocycles. The highest BCUT2D eigenvalue weighted by Gasteiger charge is 2.30. The van der Waals surface area contributed by atoms with Crippen molar-refractivity contribution in [2.45, 2.75) is 12.5 Å². The molecule has 0 saturated carbocycles. The summed E-state index contributed by atoms with van der Waals surface area (Å²) in [5.41, 5.74) is 2.55. The number of nitrogens with zero attached hydrogens (tertiary/aromatic N) is 1. The fraction of sp³-hybridized carbons (Fsp3) is 0.250. The lowest BCUT2D eigenvalue weighted by Gasteiger charge is -2.37. The second-order valence-electron chi connectivity index (χ2n) is 4.70. The summed E-state index contributed by atoms with van der Waals surface area (Å²) in [6, 6.07) is 21.3. The van der Waals surface area contributed by atoms with Gasteiger partial charge in [-0.2, -0.15) is 0 Å². The molecule has 0 spiro atoms. The van der Waals surface area contributed by atoms with Gasteiger partial charge in [0.05, 0.1) is 5.54 Å². The summed E-state index contributed by atoms with van der Waals surface area (Å²) in [4.78, 5) is 2.26. The van der Waals surface area contributed by atoms with Gasteiger partial charge < -0.3 is 0 Å². The molecule has 0 amide bonds. The third-order valence-electron chi connectivity index (χ3n) is 3.57. The van der Waals surface area contributed by atoms with Crippen LogP contribution in [0.4, 0.5) is 0 Å². The Balaban J connectivity index is 2.55. The van der Waals surface area contributed by atoms with Crippen LogP contribution in [0.1, 0.15) is 18.1 Å². The van der Waals surface area contributed by atoms with Crippen molar-refractivity contribution in [1.29, 1.82) is 0 Å².